The third kappa shape index (κ3) is 4.43. The van der Waals surface area contributed by atoms with E-state index < -0.39 is 5.54 Å². The second-order valence-corrected chi connectivity index (χ2v) is 5.67. The average molecular weight is 313 g/mol. The zero-order valence-electron chi connectivity index (χ0n) is 12.7. The second-order valence-electron chi connectivity index (χ2n) is 5.67. The van der Waals surface area contributed by atoms with Gasteiger partial charge in [0, 0.05) is 12.8 Å². The molecule has 0 saturated heterocycles. The van der Waals surface area contributed by atoms with Crippen LogP contribution in [0.25, 0.3) is 0 Å². The van der Waals surface area contributed by atoms with Crippen LogP contribution in [0.3, 0.4) is 0 Å². The smallest absolute Gasteiger partial charge is 0.244 e. The number of benzene rings is 1. The van der Waals surface area contributed by atoms with Crippen LogP contribution in [0.2, 0.25) is 0 Å². The SMILES string of the molecule is COC(C)c1cccc(NC(=O)C2(N)CCCCC2)c1.Cl. The van der Waals surface area contributed by atoms with Gasteiger partial charge in [0.2, 0.25) is 5.91 Å². The summed E-state index contributed by atoms with van der Waals surface area (Å²) in [5, 5.41) is 2.95. The highest BCUT2D eigenvalue weighted by molar-refractivity contribution is 5.98. The number of halogens is 1. The molecule has 5 heteroatoms. The fourth-order valence-corrected chi connectivity index (χ4v) is 2.67. The topological polar surface area (TPSA) is 64.3 Å². The zero-order chi connectivity index (χ0) is 14.6. The van der Waals surface area contributed by atoms with Crippen LogP contribution in [0.4, 0.5) is 5.69 Å². The molecule has 1 atom stereocenters. The lowest BCUT2D eigenvalue weighted by molar-refractivity contribution is -0.122. The Kier molecular flexibility index (Phi) is 6.65. The molecule has 118 valence electrons. The molecular formula is C16H25ClN2O2. The van der Waals surface area contributed by atoms with E-state index in [1.165, 1.54) is 6.42 Å². The number of nitrogens with two attached hydrogens (primary N) is 1. The van der Waals surface area contributed by atoms with Crippen molar-refractivity contribution in [2.75, 3.05) is 12.4 Å². The summed E-state index contributed by atoms with van der Waals surface area (Å²) in [6.07, 6.45) is 4.79. The molecule has 2 rings (SSSR count). The Morgan fingerprint density at radius 1 is 1.33 bits per heavy atom. The largest absolute Gasteiger partial charge is 0.377 e. The van der Waals surface area contributed by atoms with E-state index in [9.17, 15) is 4.79 Å². The van der Waals surface area contributed by atoms with Gasteiger partial charge >= 0.3 is 0 Å². The number of methoxy groups -OCH3 is 1. The van der Waals surface area contributed by atoms with Crippen molar-refractivity contribution in [1.82, 2.24) is 0 Å². The number of anilines is 1. The average Bonchev–Trinajstić information content (AvgIpc) is 2.47. The molecule has 1 aliphatic carbocycles. The molecule has 4 nitrogen and oxygen atoms in total. The van der Waals surface area contributed by atoms with Crippen molar-refractivity contribution in [2.45, 2.75) is 50.7 Å². The summed E-state index contributed by atoms with van der Waals surface area (Å²) in [4.78, 5) is 12.4. The molecule has 21 heavy (non-hydrogen) atoms. The van der Waals surface area contributed by atoms with Crippen LogP contribution in [0, 0.1) is 0 Å². The van der Waals surface area contributed by atoms with E-state index in [-0.39, 0.29) is 24.4 Å². The van der Waals surface area contributed by atoms with Crippen molar-refractivity contribution in [2.24, 2.45) is 5.73 Å². The molecule has 0 bridgehead atoms. The molecule has 1 saturated carbocycles. The molecule has 1 fully saturated rings. The number of rotatable bonds is 4. The molecule has 3 N–H and O–H groups in total. The number of carbonyl (C=O) groups excluding carboxylic acids is 1. The highest BCUT2D eigenvalue weighted by Gasteiger charge is 2.35. The van der Waals surface area contributed by atoms with Gasteiger partial charge in [-0.15, -0.1) is 12.4 Å². The van der Waals surface area contributed by atoms with Crippen LogP contribution < -0.4 is 11.1 Å². The lowest BCUT2D eigenvalue weighted by Gasteiger charge is -2.31. The predicted molar refractivity (Wildman–Crippen MR) is 87.7 cm³/mol. The summed E-state index contributed by atoms with van der Waals surface area (Å²) >= 11 is 0. The molecule has 0 spiro atoms. The monoisotopic (exact) mass is 312 g/mol. The van der Waals surface area contributed by atoms with E-state index in [1.54, 1.807) is 7.11 Å². The van der Waals surface area contributed by atoms with Crippen LogP contribution >= 0.6 is 12.4 Å². The maximum atomic E-state index is 12.4. The van der Waals surface area contributed by atoms with E-state index in [0.29, 0.717) is 0 Å². The normalized spacial score (nSPS) is 18.4. The van der Waals surface area contributed by atoms with Gasteiger partial charge in [0.15, 0.2) is 0 Å². The minimum Gasteiger partial charge on any atom is -0.377 e. The molecule has 1 aromatic rings. The first-order chi connectivity index (χ1) is 9.55. The molecule has 1 amide bonds. The van der Waals surface area contributed by atoms with Crippen LogP contribution in [-0.4, -0.2) is 18.6 Å². The van der Waals surface area contributed by atoms with Gasteiger partial charge in [-0.25, -0.2) is 0 Å². The van der Waals surface area contributed by atoms with Crippen LogP contribution in [0.5, 0.6) is 0 Å². The summed E-state index contributed by atoms with van der Waals surface area (Å²) in [5.74, 6) is -0.0700. The van der Waals surface area contributed by atoms with Crippen molar-refractivity contribution in [3.8, 4) is 0 Å². The van der Waals surface area contributed by atoms with Crippen LogP contribution in [0.15, 0.2) is 24.3 Å². The Balaban J connectivity index is 0.00000220. The minimum absolute atomic E-state index is 0. The summed E-state index contributed by atoms with van der Waals surface area (Å²) < 4.78 is 5.29. The molecule has 0 aromatic heterocycles. The van der Waals surface area contributed by atoms with Crippen LogP contribution in [-0.2, 0) is 9.53 Å². The zero-order valence-corrected chi connectivity index (χ0v) is 13.5. The van der Waals surface area contributed by atoms with Crippen molar-refractivity contribution < 1.29 is 9.53 Å². The molecule has 1 aliphatic rings. The van der Waals surface area contributed by atoms with Gasteiger partial charge in [0.25, 0.3) is 0 Å². The highest BCUT2D eigenvalue weighted by Crippen LogP contribution is 2.27. The first-order valence-electron chi connectivity index (χ1n) is 7.28. The van der Waals surface area contributed by atoms with Crippen LogP contribution in [0.1, 0.15) is 50.7 Å². The lowest BCUT2D eigenvalue weighted by Crippen LogP contribution is -2.52. The van der Waals surface area contributed by atoms with Gasteiger partial charge in [-0.2, -0.15) is 0 Å². The second kappa shape index (κ2) is 7.78. The van der Waals surface area contributed by atoms with E-state index in [4.69, 9.17) is 10.5 Å². The standard InChI is InChI=1S/C16H24N2O2.ClH/c1-12(20-2)13-7-6-8-14(11-13)18-15(19)16(17)9-4-3-5-10-16;/h6-8,11-12H,3-5,9-10,17H2,1-2H3,(H,18,19);1H. The number of ether oxygens (including phenoxy) is 1. The van der Waals surface area contributed by atoms with Gasteiger partial charge in [0.1, 0.15) is 0 Å². The molecular weight excluding hydrogens is 288 g/mol. The first-order valence-corrected chi connectivity index (χ1v) is 7.28. The maximum Gasteiger partial charge on any atom is 0.244 e. The van der Waals surface area contributed by atoms with Gasteiger partial charge in [-0.1, -0.05) is 31.4 Å². The van der Waals surface area contributed by atoms with Crippen molar-refractivity contribution in [3.05, 3.63) is 29.8 Å². The molecule has 0 aliphatic heterocycles. The van der Waals surface area contributed by atoms with Gasteiger partial charge < -0.3 is 15.8 Å². The number of hydrogen-bond acceptors (Lipinski definition) is 3. The van der Waals surface area contributed by atoms with E-state index in [2.05, 4.69) is 5.32 Å². The number of carbonyl (C=O) groups is 1. The third-order valence-corrected chi connectivity index (χ3v) is 4.17. The summed E-state index contributed by atoms with van der Waals surface area (Å²) in [7, 11) is 1.67. The molecule has 1 unspecified atom stereocenters. The Hall–Kier alpha value is -1.10. The van der Waals surface area contributed by atoms with Gasteiger partial charge in [-0.3, -0.25) is 4.79 Å². The summed E-state index contributed by atoms with van der Waals surface area (Å²) in [6.45, 7) is 1.98. The summed E-state index contributed by atoms with van der Waals surface area (Å²) in [6, 6.07) is 7.74. The van der Waals surface area contributed by atoms with Crippen molar-refractivity contribution in [3.63, 3.8) is 0 Å². The Morgan fingerprint density at radius 3 is 2.62 bits per heavy atom. The van der Waals surface area contributed by atoms with E-state index in [0.717, 1.165) is 36.9 Å². The van der Waals surface area contributed by atoms with Crippen molar-refractivity contribution in [1.29, 1.82) is 0 Å². The van der Waals surface area contributed by atoms with Gasteiger partial charge in [0.05, 0.1) is 11.6 Å². The number of hydrogen-bond donors (Lipinski definition) is 2. The Labute approximate surface area is 132 Å². The minimum atomic E-state index is -0.707. The fraction of sp³-hybridized carbons (Fsp3) is 0.562. The maximum absolute atomic E-state index is 12.4. The predicted octanol–water partition coefficient (Wildman–Crippen LogP) is 3.42. The number of nitrogens with one attached hydrogen (secondary N) is 1. The molecule has 0 radical (unpaired) electrons. The molecule has 0 heterocycles. The number of amides is 1. The molecule has 1 aromatic carbocycles. The first kappa shape index (κ1) is 18.0. The highest BCUT2D eigenvalue weighted by atomic mass is 35.5. The van der Waals surface area contributed by atoms with Gasteiger partial charge in [-0.05, 0) is 37.5 Å². The quantitative estimate of drug-likeness (QED) is 0.895. The van der Waals surface area contributed by atoms with Crippen molar-refractivity contribution >= 4 is 24.0 Å². The Morgan fingerprint density at radius 2 is 2.00 bits per heavy atom. The van der Waals surface area contributed by atoms with E-state index >= 15 is 0 Å². The lowest BCUT2D eigenvalue weighted by atomic mass is 9.82. The van der Waals surface area contributed by atoms with E-state index in [1.807, 2.05) is 31.2 Å². The third-order valence-electron chi connectivity index (χ3n) is 4.17. The Bertz CT molecular complexity index is 473. The summed E-state index contributed by atoms with van der Waals surface area (Å²) in [5.41, 5.74) is 7.36. The fourth-order valence-electron chi connectivity index (χ4n) is 2.67.